The van der Waals surface area contributed by atoms with Gasteiger partial charge in [0.1, 0.15) is 0 Å². The van der Waals surface area contributed by atoms with Crippen LogP contribution in [0, 0.1) is 0 Å². The van der Waals surface area contributed by atoms with E-state index < -0.39 is 10.0 Å². The van der Waals surface area contributed by atoms with E-state index in [9.17, 15) is 8.42 Å². The lowest BCUT2D eigenvalue weighted by atomic mass is 10.2. The summed E-state index contributed by atoms with van der Waals surface area (Å²) in [7, 11) is -2.37. The van der Waals surface area contributed by atoms with Crippen LogP contribution < -0.4 is 0 Å². The Morgan fingerprint density at radius 2 is 1.65 bits per heavy atom. The lowest BCUT2D eigenvalue weighted by Gasteiger charge is -2.20. The van der Waals surface area contributed by atoms with Crippen LogP contribution in [0.4, 0.5) is 0 Å². The summed E-state index contributed by atoms with van der Waals surface area (Å²) in [6.45, 7) is 0.154. The van der Waals surface area contributed by atoms with E-state index in [0.717, 1.165) is 10.0 Å². The van der Waals surface area contributed by atoms with Gasteiger partial charge in [-0.25, -0.2) is 8.42 Å². The third-order valence-corrected chi connectivity index (χ3v) is 5.42. The molecular formula is C14H14BrNO3S. The van der Waals surface area contributed by atoms with E-state index in [0.29, 0.717) is 4.47 Å². The first-order chi connectivity index (χ1) is 9.55. The van der Waals surface area contributed by atoms with Crippen LogP contribution in [0.1, 0.15) is 5.56 Å². The normalized spacial score (nSPS) is 11.8. The number of hydrogen-bond acceptors (Lipinski definition) is 3. The van der Waals surface area contributed by atoms with Crippen molar-refractivity contribution in [2.45, 2.75) is 11.4 Å². The molecule has 0 unspecified atom stereocenters. The second-order valence-corrected chi connectivity index (χ2v) is 6.72. The molecule has 0 aliphatic heterocycles. The molecule has 0 heterocycles. The first kappa shape index (κ1) is 15.2. The third kappa shape index (κ3) is 3.27. The predicted octanol–water partition coefficient (Wildman–Crippen LogP) is 3.20. The van der Waals surface area contributed by atoms with Gasteiger partial charge in [-0.1, -0.05) is 46.9 Å². The summed E-state index contributed by atoms with van der Waals surface area (Å²) in [6.07, 6.45) is 0. The molecule has 0 saturated heterocycles. The second-order valence-electron chi connectivity index (χ2n) is 4.06. The smallest absolute Gasteiger partial charge is 0.266 e. The number of nitrogens with zero attached hydrogens (tertiary/aromatic N) is 1. The summed E-state index contributed by atoms with van der Waals surface area (Å²) in [5.74, 6) is 0. The minimum Gasteiger partial charge on any atom is -0.287 e. The molecule has 0 N–H and O–H groups in total. The molecule has 0 atom stereocenters. The fourth-order valence-corrected chi connectivity index (χ4v) is 3.94. The highest BCUT2D eigenvalue weighted by molar-refractivity contribution is 9.10. The number of hydrogen-bond donors (Lipinski definition) is 0. The largest absolute Gasteiger partial charge is 0.287 e. The minimum absolute atomic E-state index is 0.154. The molecule has 0 radical (unpaired) electrons. The van der Waals surface area contributed by atoms with Gasteiger partial charge in [-0.15, -0.1) is 0 Å². The zero-order valence-corrected chi connectivity index (χ0v) is 13.3. The Bertz CT molecular complexity index is 674. The van der Waals surface area contributed by atoms with Crippen molar-refractivity contribution in [3.63, 3.8) is 0 Å². The van der Waals surface area contributed by atoms with Gasteiger partial charge >= 0.3 is 0 Å². The molecular weight excluding hydrogens is 342 g/mol. The summed E-state index contributed by atoms with van der Waals surface area (Å²) >= 11 is 3.25. The first-order valence-electron chi connectivity index (χ1n) is 5.91. The molecule has 0 aliphatic carbocycles. The summed E-state index contributed by atoms with van der Waals surface area (Å²) in [4.78, 5) is 5.23. The molecule has 2 rings (SSSR count). The molecule has 20 heavy (non-hydrogen) atoms. The van der Waals surface area contributed by atoms with Gasteiger partial charge < -0.3 is 0 Å². The van der Waals surface area contributed by atoms with Crippen LogP contribution in [-0.2, 0) is 21.4 Å². The molecule has 0 spiro atoms. The van der Waals surface area contributed by atoms with Crippen molar-refractivity contribution in [1.29, 1.82) is 0 Å². The number of sulfonamides is 1. The van der Waals surface area contributed by atoms with Crippen LogP contribution >= 0.6 is 15.9 Å². The monoisotopic (exact) mass is 355 g/mol. The van der Waals surface area contributed by atoms with Crippen LogP contribution in [-0.4, -0.2) is 20.0 Å². The number of benzene rings is 2. The van der Waals surface area contributed by atoms with Gasteiger partial charge in [0.15, 0.2) is 0 Å². The van der Waals surface area contributed by atoms with E-state index in [2.05, 4.69) is 15.9 Å². The minimum atomic E-state index is -3.72. The van der Waals surface area contributed by atoms with E-state index in [1.165, 1.54) is 13.2 Å². The average Bonchev–Trinajstić information content (AvgIpc) is 2.46. The Labute approximate surface area is 127 Å². The van der Waals surface area contributed by atoms with Crippen molar-refractivity contribution in [3.05, 3.63) is 64.6 Å². The third-order valence-electron chi connectivity index (χ3n) is 2.74. The van der Waals surface area contributed by atoms with Crippen molar-refractivity contribution >= 4 is 26.0 Å². The molecule has 0 amide bonds. The maximum Gasteiger partial charge on any atom is 0.266 e. The van der Waals surface area contributed by atoms with Gasteiger partial charge in [-0.3, -0.25) is 4.84 Å². The van der Waals surface area contributed by atoms with Crippen LogP contribution in [0.25, 0.3) is 0 Å². The van der Waals surface area contributed by atoms with Crippen LogP contribution in [0.15, 0.2) is 64.0 Å². The van der Waals surface area contributed by atoms with Crippen molar-refractivity contribution in [3.8, 4) is 0 Å². The Kier molecular flexibility index (Phi) is 4.93. The average molecular weight is 356 g/mol. The summed E-state index contributed by atoms with van der Waals surface area (Å²) in [5, 5.41) is 0. The van der Waals surface area contributed by atoms with E-state index in [1.807, 2.05) is 30.3 Å². The molecule has 0 aromatic heterocycles. The fraction of sp³-hybridized carbons (Fsp3) is 0.143. The molecule has 2 aromatic rings. The van der Waals surface area contributed by atoms with Gasteiger partial charge in [0.05, 0.1) is 18.6 Å². The summed E-state index contributed by atoms with van der Waals surface area (Å²) in [5.41, 5.74) is 0.852. The maximum absolute atomic E-state index is 12.6. The lowest BCUT2D eigenvalue weighted by Crippen LogP contribution is -2.29. The van der Waals surface area contributed by atoms with Crippen molar-refractivity contribution in [1.82, 2.24) is 4.47 Å². The highest BCUT2D eigenvalue weighted by Gasteiger charge is 2.26. The molecule has 0 saturated carbocycles. The molecule has 0 fully saturated rings. The fourth-order valence-electron chi connectivity index (χ4n) is 1.74. The van der Waals surface area contributed by atoms with Crippen LogP contribution in [0.2, 0.25) is 0 Å². The van der Waals surface area contributed by atoms with Gasteiger partial charge in [0.25, 0.3) is 10.0 Å². The maximum atomic E-state index is 12.6. The number of halogens is 1. The van der Waals surface area contributed by atoms with Crippen LogP contribution in [0.3, 0.4) is 0 Å². The standard InChI is InChI=1S/C14H14BrNO3S/c1-19-16(11-12-7-3-2-4-8-12)20(17,18)14-10-6-5-9-13(14)15/h2-10H,11H2,1H3. The van der Waals surface area contributed by atoms with Crippen LogP contribution in [0.5, 0.6) is 0 Å². The number of hydroxylamine groups is 1. The lowest BCUT2D eigenvalue weighted by molar-refractivity contribution is -0.0556. The summed E-state index contributed by atoms with van der Waals surface area (Å²) in [6, 6.07) is 15.9. The Morgan fingerprint density at radius 1 is 1.05 bits per heavy atom. The zero-order chi connectivity index (χ0) is 14.6. The van der Waals surface area contributed by atoms with E-state index in [-0.39, 0.29) is 11.4 Å². The Morgan fingerprint density at radius 3 is 2.25 bits per heavy atom. The molecule has 0 bridgehead atoms. The van der Waals surface area contributed by atoms with E-state index in [4.69, 9.17) is 4.84 Å². The molecule has 0 aliphatic rings. The van der Waals surface area contributed by atoms with E-state index in [1.54, 1.807) is 18.2 Å². The quantitative estimate of drug-likeness (QED) is 0.773. The SMILES string of the molecule is CON(Cc1ccccc1)S(=O)(=O)c1ccccc1Br. The zero-order valence-electron chi connectivity index (χ0n) is 10.9. The van der Waals surface area contributed by atoms with Crippen molar-refractivity contribution in [2.75, 3.05) is 7.11 Å². The molecule has 6 heteroatoms. The van der Waals surface area contributed by atoms with Gasteiger partial charge in [0.2, 0.25) is 0 Å². The van der Waals surface area contributed by atoms with E-state index >= 15 is 0 Å². The van der Waals surface area contributed by atoms with Crippen molar-refractivity contribution in [2.24, 2.45) is 0 Å². The first-order valence-corrected chi connectivity index (χ1v) is 8.14. The second kappa shape index (κ2) is 6.49. The van der Waals surface area contributed by atoms with Gasteiger partial charge in [0, 0.05) is 4.47 Å². The van der Waals surface area contributed by atoms with Gasteiger partial charge in [-0.2, -0.15) is 0 Å². The van der Waals surface area contributed by atoms with Gasteiger partial charge in [-0.05, 0) is 33.6 Å². The molecule has 4 nitrogen and oxygen atoms in total. The Balaban J connectivity index is 2.34. The topological polar surface area (TPSA) is 46.6 Å². The summed E-state index contributed by atoms with van der Waals surface area (Å²) < 4.78 is 26.6. The highest BCUT2D eigenvalue weighted by atomic mass is 79.9. The Hall–Kier alpha value is -1.21. The molecule has 2 aromatic carbocycles. The van der Waals surface area contributed by atoms with Crippen molar-refractivity contribution < 1.29 is 13.3 Å². The number of rotatable bonds is 5. The predicted molar refractivity (Wildman–Crippen MR) is 80.3 cm³/mol. The highest BCUT2D eigenvalue weighted by Crippen LogP contribution is 2.25. The molecule has 106 valence electrons.